The molecule has 100 valence electrons. The first kappa shape index (κ1) is 13.1. The van der Waals surface area contributed by atoms with E-state index in [1.54, 1.807) is 18.2 Å². The molecule has 1 saturated heterocycles. The van der Waals surface area contributed by atoms with Crippen molar-refractivity contribution < 1.29 is 21.9 Å². The Morgan fingerprint density at radius 1 is 1.33 bits per heavy atom. The minimum atomic E-state index is -3.00. The molecule has 0 bridgehead atoms. The van der Waals surface area contributed by atoms with Crippen molar-refractivity contribution in [3.05, 3.63) is 24.3 Å². The fourth-order valence-corrected chi connectivity index (χ4v) is 3.59. The van der Waals surface area contributed by atoms with Crippen LogP contribution in [0.15, 0.2) is 24.3 Å². The van der Waals surface area contributed by atoms with E-state index < -0.39 is 16.4 Å². The van der Waals surface area contributed by atoms with Gasteiger partial charge in [0.2, 0.25) is 0 Å². The Morgan fingerprint density at radius 3 is 2.67 bits per heavy atom. The van der Waals surface area contributed by atoms with Crippen molar-refractivity contribution in [2.24, 2.45) is 0 Å². The number of hydrogen-bond acceptors (Lipinski definition) is 4. The molecule has 0 aliphatic carbocycles. The summed E-state index contributed by atoms with van der Waals surface area (Å²) in [5.74, 6) is 0.176. The van der Waals surface area contributed by atoms with E-state index in [9.17, 15) is 17.2 Å². The fraction of sp³-hybridized carbons (Fsp3) is 0.455. The summed E-state index contributed by atoms with van der Waals surface area (Å²) >= 11 is 0. The number of ether oxygens (including phenoxy) is 1. The molecular weight excluding hydrogens is 264 g/mol. The van der Waals surface area contributed by atoms with Crippen LogP contribution in [0.25, 0.3) is 0 Å². The molecule has 1 aliphatic heterocycles. The lowest BCUT2D eigenvalue weighted by Crippen LogP contribution is -2.21. The Labute approximate surface area is 104 Å². The average molecular weight is 277 g/mol. The van der Waals surface area contributed by atoms with Gasteiger partial charge < -0.3 is 10.1 Å². The van der Waals surface area contributed by atoms with Gasteiger partial charge in [-0.05, 0) is 18.6 Å². The van der Waals surface area contributed by atoms with E-state index >= 15 is 0 Å². The number of nitrogens with one attached hydrogen (secondary N) is 1. The molecule has 1 aromatic rings. The Bertz CT molecular complexity index is 519. The molecule has 1 aliphatic rings. The second kappa shape index (κ2) is 5.09. The number of benzene rings is 1. The molecule has 18 heavy (non-hydrogen) atoms. The van der Waals surface area contributed by atoms with Gasteiger partial charge in [0.05, 0.1) is 17.2 Å². The van der Waals surface area contributed by atoms with Crippen LogP contribution in [-0.2, 0) is 9.84 Å². The lowest BCUT2D eigenvalue weighted by atomic mass is 10.2. The Balaban J connectivity index is 2.09. The first-order valence-electron chi connectivity index (χ1n) is 5.47. The monoisotopic (exact) mass is 277 g/mol. The van der Waals surface area contributed by atoms with E-state index in [2.05, 4.69) is 10.1 Å². The highest BCUT2D eigenvalue weighted by Gasteiger charge is 2.28. The average Bonchev–Trinajstić information content (AvgIpc) is 2.60. The third-order valence-corrected chi connectivity index (χ3v) is 4.46. The number of alkyl halides is 2. The molecule has 1 fully saturated rings. The van der Waals surface area contributed by atoms with Gasteiger partial charge in [-0.15, -0.1) is 0 Å². The highest BCUT2D eigenvalue weighted by Crippen LogP contribution is 2.28. The van der Waals surface area contributed by atoms with Crippen LogP contribution in [0.1, 0.15) is 6.42 Å². The summed E-state index contributed by atoms with van der Waals surface area (Å²) in [4.78, 5) is 0. The van der Waals surface area contributed by atoms with Gasteiger partial charge in [-0.25, -0.2) is 8.42 Å². The standard InChI is InChI=1S/C11H13F2NO3S/c12-11(13)17-10-4-2-1-3-9(10)14-8-5-6-18(15,16)7-8/h1-4,8,11,14H,5-7H2. The highest BCUT2D eigenvalue weighted by molar-refractivity contribution is 7.91. The van der Waals surface area contributed by atoms with Gasteiger partial charge in [-0.1, -0.05) is 12.1 Å². The molecular formula is C11H13F2NO3S. The number of para-hydroxylation sites is 2. The summed E-state index contributed by atoms with van der Waals surface area (Å²) in [7, 11) is -3.00. The van der Waals surface area contributed by atoms with Gasteiger partial charge in [0.15, 0.2) is 9.84 Å². The third kappa shape index (κ3) is 3.32. The van der Waals surface area contributed by atoms with Crippen LogP contribution >= 0.6 is 0 Å². The van der Waals surface area contributed by atoms with Crippen molar-refractivity contribution in [2.75, 3.05) is 16.8 Å². The van der Waals surface area contributed by atoms with Crippen molar-refractivity contribution >= 4 is 15.5 Å². The van der Waals surface area contributed by atoms with Crippen molar-refractivity contribution in [3.63, 3.8) is 0 Å². The van der Waals surface area contributed by atoms with Crippen LogP contribution < -0.4 is 10.1 Å². The molecule has 1 heterocycles. The molecule has 1 atom stereocenters. The molecule has 0 spiro atoms. The zero-order valence-corrected chi connectivity index (χ0v) is 10.3. The highest BCUT2D eigenvalue weighted by atomic mass is 32.2. The number of rotatable bonds is 4. The van der Waals surface area contributed by atoms with Crippen LogP contribution in [0, 0.1) is 0 Å². The largest absolute Gasteiger partial charge is 0.433 e. The topological polar surface area (TPSA) is 55.4 Å². The molecule has 1 N–H and O–H groups in total. The second-order valence-corrected chi connectivity index (χ2v) is 6.35. The normalized spacial score (nSPS) is 22.1. The maximum absolute atomic E-state index is 12.2. The maximum atomic E-state index is 12.2. The first-order chi connectivity index (χ1) is 8.46. The molecule has 4 nitrogen and oxygen atoms in total. The number of hydrogen-bond donors (Lipinski definition) is 1. The number of anilines is 1. The van der Waals surface area contributed by atoms with Gasteiger partial charge in [-0.2, -0.15) is 8.78 Å². The van der Waals surface area contributed by atoms with Crippen molar-refractivity contribution in [3.8, 4) is 5.75 Å². The summed E-state index contributed by atoms with van der Waals surface area (Å²) in [5.41, 5.74) is 0.389. The van der Waals surface area contributed by atoms with E-state index in [1.165, 1.54) is 6.07 Å². The van der Waals surface area contributed by atoms with Crippen LogP contribution in [0.5, 0.6) is 5.75 Å². The molecule has 2 rings (SSSR count). The lowest BCUT2D eigenvalue weighted by molar-refractivity contribution is -0.0493. The third-order valence-electron chi connectivity index (χ3n) is 2.70. The van der Waals surface area contributed by atoms with Gasteiger partial charge in [-0.3, -0.25) is 0 Å². The summed E-state index contributed by atoms with van der Waals surface area (Å²) in [6, 6.07) is 6.00. The molecule has 1 aromatic carbocycles. The number of halogens is 2. The first-order valence-corrected chi connectivity index (χ1v) is 7.29. The molecule has 7 heteroatoms. The smallest absolute Gasteiger partial charge is 0.387 e. The van der Waals surface area contributed by atoms with Crippen molar-refractivity contribution in [1.29, 1.82) is 0 Å². The Morgan fingerprint density at radius 2 is 2.06 bits per heavy atom. The predicted molar refractivity (Wildman–Crippen MR) is 63.8 cm³/mol. The summed E-state index contributed by atoms with van der Waals surface area (Å²) in [6.45, 7) is -2.90. The van der Waals surface area contributed by atoms with E-state index in [0.29, 0.717) is 12.1 Å². The van der Waals surface area contributed by atoms with E-state index in [0.717, 1.165) is 0 Å². The lowest BCUT2D eigenvalue weighted by Gasteiger charge is -2.16. The summed E-state index contributed by atoms with van der Waals surface area (Å²) in [6.07, 6.45) is 0.478. The van der Waals surface area contributed by atoms with Crippen LogP contribution in [0.2, 0.25) is 0 Å². The van der Waals surface area contributed by atoms with Crippen LogP contribution in [0.4, 0.5) is 14.5 Å². The maximum Gasteiger partial charge on any atom is 0.387 e. The van der Waals surface area contributed by atoms with Gasteiger partial charge in [0, 0.05) is 6.04 Å². The van der Waals surface area contributed by atoms with Crippen molar-refractivity contribution in [2.45, 2.75) is 19.1 Å². The molecule has 0 aromatic heterocycles. The van der Waals surface area contributed by atoms with E-state index in [4.69, 9.17) is 0 Å². The van der Waals surface area contributed by atoms with Gasteiger partial charge >= 0.3 is 6.61 Å². The van der Waals surface area contributed by atoms with Crippen LogP contribution in [-0.4, -0.2) is 32.6 Å². The zero-order chi connectivity index (χ0) is 13.2. The summed E-state index contributed by atoms with van der Waals surface area (Å²) < 4.78 is 51.4. The molecule has 0 saturated carbocycles. The summed E-state index contributed by atoms with van der Waals surface area (Å²) in [5, 5.41) is 2.93. The minimum Gasteiger partial charge on any atom is -0.433 e. The van der Waals surface area contributed by atoms with Gasteiger partial charge in [0.1, 0.15) is 5.75 Å². The Kier molecular flexibility index (Phi) is 3.70. The fourth-order valence-electron chi connectivity index (χ4n) is 1.91. The van der Waals surface area contributed by atoms with Crippen molar-refractivity contribution in [1.82, 2.24) is 0 Å². The SMILES string of the molecule is O=S1(=O)CCC(Nc2ccccc2OC(F)F)C1. The quantitative estimate of drug-likeness (QED) is 0.913. The molecule has 0 radical (unpaired) electrons. The minimum absolute atomic E-state index is 0.0238. The zero-order valence-electron chi connectivity index (χ0n) is 9.47. The molecule has 1 unspecified atom stereocenters. The van der Waals surface area contributed by atoms with Crippen LogP contribution in [0.3, 0.4) is 0 Å². The molecule has 0 amide bonds. The Hall–Kier alpha value is -1.37. The second-order valence-electron chi connectivity index (χ2n) is 4.12. The number of sulfone groups is 1. The van der Waals surface area contributed by atoms with E-state index in [1.807, 2.05) is 0 Å². The predicted octanol–water partition coefficient (Wildman–Crippen LogP) is 1.89. The van der Waals surface area contributed by atoms with E-state index in [-0.39, 0.29) is 23.3 Å². The van der Waals surface area contributed by atoms with Gasteiger partial charge in [0.25, 0.3) is 0 Å².